The van der Waals surface area contributed by atoms with Gasteiger partial charge in [0.2, 0.25) is 5.91 Å². The number of aliphatic hydroxyl groups is 2. The van der Waals surface area contributed by atoms with Gasteiger partial charge in [0.1, 0.15) is 17.1 Å². The van der Waals surface area contributed by atoms with Crippen LogP contribution in [0.25, 0.3) is 0 Å². The second-order valence-corrected chi connectivity index (χ2v) is 8.86. The van der Waals surface area contributed by atoms with Crippen LogP contribution < -0.4 is 5.32 Å². The lowest BCUT2D eigenvalue weighted by Gasteiger charge is -2.60. The van der Waals surface area contributed by atoms with Gasteiger partial charge in [-0.2, -0.15) is 0 Å². The number of aliphatic carboxylic acids is 1. The molecule has 36 heavy (non-hydrogen) atoms. The van der Waals surface area contributed by atoms with Gasteiger partial charge in [0.15, 0.2) is 0 Å². The molecular weight excluding hydrogens is 462 g/mol. The van der Waals surface area contributed by atoms with Crippen molar-refractivity contribution in [3.05, 3.63) is 101 Å². The number of aliphatic hydroxyl groups excluding tert-OH is 2. The van der Waals surface area contributed by atoms with Gasteiger partial charge in [-0.1, -0.05) is 66.7 Å². The number of carbonyl (C=O) groups excluding carboxylic acids is 1. The van der Waals surface area contributed by atoms with Gasteiger partial charge >= 0.3 is 5.97 Å². The summed E-state index contributed by atoms with van der Waals surface area (Å²) in [6.45, 7) is -0.896. The number of fused-ring (bicyclic) bond motifs is 1. The van der Waals surface area contributed by atoms with Crippen LogP contribution in [0.2, 0.25) is 0 Å². The maximum atomic E-state index is 14.1. The Balaban J connectivity index is 1.84. The number of hydrogen-bond acceptors (Lipinski definition) is 6. The first kappa shape index (κ1) is 24.1. The van der Waals surface area contributed by atoms with Gasteiger partial charge in [-0.05, 0) is 34.4 Å². The minimum atomic E-state index is -1.55. The molecule has 3 aliphatic carbocycles. The van der Waals surface area contributed by atoms with Crippen LogP contribution in [0.5, 0.6) is 0 Å². The molecule has 8 nitrogen and oxygen atoms in total. The Kier molecular flexibility index (Phi) is 6.36. The molecule has 1 amide bonds. The number of para-hydroxylation sites is 1. The second-order valence-electron chi connectivity index (χ2n) is 8.86. The quantitative estimate of drug-likeness (QED) is 0.364. The molecule has 0 saturated carbocycles. The number of rotatable bonds is 9. The van der Waals surface area contributed by atoms with Crippen molar-refractivity contribution in [2.45, 2.75) is 11.2 Å². The molecule has 2 unspecified atom stereocenters. The van der Waals surface area contributed by atoms with Gasteiger partial charge in [0.05, 0.1) is 32.3 Å². The van der Waals surface area contributed by atoms with Gasteiger partial charge in [0.25, 0.3) is 0 Å². The van der Waals surface area contributed by atoms with E-state index in [1.165, 1.54) is 0 Å². The molecule has 186 valence electrons. The Morgan fingerprint density at radius 1 is 0.694 bits per heavy atom. The Bertz CT molecular complexity index is 1230. The summed E-state index contributed by atoms with van der Waals surface area (Å²) in [7, 11) is 0. The van der Waals surface area contributed by atoms with Crippen LogP contribution in [0.15, 0.2) is 78.9 Å². The molecule has 0 aliphatic heterocycles. The molecule has 0 radical (unpaired) electrons. The molecule has 8 heteroatoms. The van der Waals surface area contributed by atoms with Crippen LogP contribution in [0.4, 0.5) is 5.69 Å². The van der Waals surface area contributed by atoms with E-state index in [-0.39, 0.29) is 26.4 Å². The Labute approximate surface area is 208 Å². The van der Waals surface area contributed by atoms with Crippen molar-refractivity contribution >= 4 is 17.6 Å². The summed E-state index contributed by atoms with van der Waals surface area (Å²) in [6.07, 6.45) is 0. The molecule has 4 N–H and O–H groups in total. The predicted octanol–water partition coefficient (Wildman–Crippen LogP) is 2.47. The van der Waals surface area contributed by atoms with Crippen molar-refractivity contribution in [1.82, 2.24) is 0 Å². The summed E-state index contributed by atoms with van der Waals surface area (Å²) in [5, 5.41) is 32.9. The molecule has 2 bridgehead atoms. The molecule has 3 aromatic rings. The SMILES string of the molecule is O=C(O)C1C(C(=O)Nc2ccccc2)C2(OCCO)c3ccccc3C1(OCCO)c1ccccc12. The molecule has 0 saturated heterocycles. The van der Waals surface area contributed by atoms with E-state index in [2.05, 4.69) is 5.32 Å². The summed E-state index contributed by atoms with van der Waals surface area (Å²) in [4.78, 5) is 27.1. The highest BCUT2D eigenvalue weighted by atomic mass is 16.5. The zero-order valence-electron chi connectivity index (χ0n) is 19.5. The third kappa shape index (κ3) is 3.37. The molecular formula is C28H27NO7. The van der Waals surface area contributed by atoms with Gasteiger partial charge < -0.3 is 30.1 Å². The van der Waals surface area contributed by atoms with Crippen LogP contribution >= 0.6 is 0 Å². The Morgan fingerprint density at radius 3 is 1.53 bits per heavy atom. The summed E-state index contributed by atoms with van der Waals surface area (Å²) in [5.41, 5.74) is -0.219. The first-order chi connectivity index (χ1) is 17.5. The standard InChI is InChI=1S/C28H27NO7/c30-14-16-35-27-19-10-4-6-12-21(19)28(36-17-15-31,22-13-7-5-11-20(22)27)24(26(33)34)23(27)25(32)29-18-8-2-1-3-9-18/h1-13,23-24,30-31H,14-17H2,(H,29,32)(H,33,34). The van der Waals surface area contributed by atoms with Crippen molar-refractivity contribution in [2.24, 2.45) is 11.8 Å². The third-order valence-electron chi connectivity index (χ3n) is 7.10. The molecule has 6 rings (SSSR count). The summed E-state index contributed by atoms with van der Waals surface area (Å²) in [6, 6.07) is 23.1. The predicted molar refractivity (Wildman–Crippen MR) is 130 cm³/mol. The number of benzene rings is 3. The molecule has 3 aliphatic rings. The highest BCUT2D eigenvalue weighted by Gasteiger charge is 2.71. The monoisotopic (exact) mass is 489 g/mol. The first-order valence-corrected chi connectivity index (χ1v) is 11.8. The molecule has 0 spiro atoms. The number of anilines is 1. The smallest absolute Gasteiger partial charge is 0.311 e. The second kappa shape index (κ2) is 9.48. The normalized spacial score (nSPS) is 25.6. The fraction of sp³-hybridized carbons (Fsp3) is 0.286. The number of amides is 1. The number of hydrogen-bond donors (Lipinski definition) is 4. The van der Waals surface area contributed by atoms with Crippen LogP contribution in [-0.4, -0.2) is 53.6 Å². The van der Waals surface area contributed by atoms with Gasteiger partial charge in [-0.15, -0.1) is 0 Å². The van der Waals surface area contributed by atoms with E-state index in [4.69, 9.17) is 9.47 Å². The minimum absolute atomic E-state index is 0.116. The minimum Gasteiger partial charge on any atom is -0.481 e. The van der Waals surface area contributed by atoms with Gasteiger partial charge in [-0.25, -0.2) is 0 Å². The summed E-state index contributed by atoms with van der Waals surface area (Å²) in [5.74, 6) is -4.43. The van der Waals surface area contributed by atoms with Crippen LogP contribution in [0, 0.1) is 11.8 Å². The first-order valence-electron chi connectivity index (χ1n) is 11.8. The van der Waals surface area contributed by atoms with Crippen LogP contribution in [0.3, 0.4) is 0 Å². The number of ether oxygens (including phenoxy) is 2. The van der Waals surface area contributed by atoms with E-state index in [1.54, 1.807) is 72.8 Å². The number of carbonyl (C=O) groups is 2. The molecule has 2 atom stereocenters. The van der Waals surface area contributed by atoms with Gasteiger partial charge in [-0.3, -0.25) is 9.59 Å². The van der Waals surface area contributed by atoms with Crippen molar-refractivity contribution in [3.8, 4) is 0 Å². The lowest BCUT2D eigenvalue weighted by molar-refractivity contribution is -0.198. The zero-order chi connectivity index (χ0) is 25.3. The van der Waals surface area contributed by atoms with Crippen molar-refractivity contribution in [1.29, 1.82) is 0 Å². The van der Waals surface area contributed by atoms with E-state index in [1.807, 2.05) is 6.07 Å². The fourth-order valence-corrected chi connectivity index (χ4v) is 5.99. The van der Waals surface area contributed by atoms with Crippen LogP contribution in [-0.2, 0) is 30.3 Å². The van der Waals surface area contributed by atoms with E-state index in [0.717, 1.165) is 0 Å². The topological polar surface area (TPSA) is 125 Å². The molecule has 0 heterocycles. The van der Waals surface area contributed by atoms with Crippen molar-refractivity contribution in [3.63, 3.8) is 0 Å². The number of carboxylic acid groups (broad SMARTS) is 1. The summed E-state index contributed by atoms with van der Waals surface area (Å²) >= 11 is 0. The highest BCUT2D eigenvalue weighted by Crippen LogP contribution is 2.65. The third-order valence-corrected chi connectivity index (χ3v) is 7.10. The highest BCUT2D eigenvalue weighted by molar-refractivity contribution is 5.99. The Hall–Kier alpha value is -3.56. The number of carboxylic acids is 1. The van der Waals surface area contributed by atoms with E-state index >= 15 is 0 Å². The maximum Gasteiger partial charge on any atom is 0.311 e. The number of nitrogens with one attached hydrogen (secondary N) is 1. The van der Waals surface area contributed by atoms with E-state index in [0.29, 0.717) is 27.9 Å². The largest absolute Gasteiger partial charge is 0.481 e. The average molecular weight is 490 g/mol. The molecule has 3 aromatic carbocycles. The van der Waals surface area contributed by atoms with Crippen LogP contribution in [0.1, 0.15) is 22.3 Å². The fourth-order valence-electron chi connectivity index (χ4n) is 5.99. The lowest BCUT2D eigenvalue weighted by Crippen LogP contribution is -2.67. The molecule has 0 aromatic heterocycles. The van der Waals surface area contributed by atoms with E-state index in [9.17, 15) is 24.9 Å². The maximum absolute atomic E-state index is 14.1. The summed E-state index contributed by atoms with van der Waals surface area (Å²) < 4.78 is 12.7. The average Bonchev–Trinajstić information content (AvgIpc) is 2.91. The van der Waals surface area contributed by atoms with Crippen molar-refractivity contribution in [2.75, 3.05) is 31.7 Å². The van der Waals surface area contributed by atoms with Gasteiger partial charge in [0, 0.05) is 5.69 Å². The zero-order valence-corrected chi connectivity index (χ0v) is 19.5. The molecule has 0 fully saturated rings. The lowest BCUT2D eigenvalue weighted by atomic mass is 9.49. The van der Waals surface area contributed by atoms with Crippen molar-refractivity contribution < 1.29 is 34.4 Å². The Morgan fingerprint density at radius 2 is 1.11 bits per heavy atom. The van der Waals surface area contributed by atoms with E-state index < -0.39 is 34.9 Å².